The number of rotatable bonds is 10. The number of ether oxygens (including phenoxy) is 1. The molecule has 0 bridgehead atoms. The van der Waals surface area contributed by atoms with Crippen molar-refractivity contribution in [2.45, 2.75) is 39.2 Å². The normalized spacial score (nSPS) is 14.5. The second-order valence-electron chi connectivity index (χ2n) is 8.61. The highest BCUT2D eigenvalue weighted by atomic mass is 16.5. The Labute approximate surface area is 196 Å². The SMILES string of the molecule is CCOCCCN(C)C1CCN(c2ccc(C(=O)O)cc2NC(=O)c2ccc(C)cc2)CC1. The summed E-state index contributed by atoms with van der Waals surface area (Å²) >= 11 is 0. The van der Waals surface area contributed by atoms with Crippen LogP contribution in [-0.4, -0.2) is 67.8 Å². The van der Waals surface area contributed by atoms with Gasteiger partial charge in [-0.15, -0.1) is 0 Å². The molecule has 1 aliphatic rings. The summed E-state index contributed by atoms with van der Waals surface area (Å²) in [6, 6.07) is 12.8. The van der Waals surface area contributed by atoms with E-state index in [1.165, 1.54) is 0 Å². The van der Waals surface area contributed by atoms with Crippen molar-refractivity contribution in [2.24, 2.45) is 0 Å². The summed E-state index contributed by atoms with van der Waals surface area (Å²) in [6.07, 6.45) is 3.05. The topological polar surface area (TPSA) is 82.1 Å². The Bertz CT molecular complexity index is 937. The second-order valence-corrected chi connectivity index (χ2v) is 8.61. The van der Waals surface area contributed by atoms with E-state index in [-0.39, 0.29) is 11.5 Å². The third kappa shape index (κ3) is 6.79. The summed E-state index contributed by atoms with van der Waals surface area (Å²) in [4.78, 5) is 29.0. The van der Waals surface area contributed by atoms with E-state index in [9.17, 15) is 14.7 Å². The lowest BCUT2D eigenvalue weighted by molar-refractivity contribution is 0.0696. The molecule has 0 aromatic heterocycles. The Balaban J connectivity index is 1.69. The lowest BCUT2D eigenvalue weighted by Gasteiger charge is -2.38. The number of carboxylic acids is 1. The summed E-state index contributed by atoms with van der Waals surface area (Å²) < 4.78 is 5.44. The van der Waals surface area contributed by atoms with Crippen LogP contribution in [0.4, 0.5) is 11.4 Å². The van der Waals surface area contributed by atoms with Gasteiger partial charge in [0.05, 0.1) is 16.9 Å². The van der Waals surface area contributed by atoms with E-state index in [1.807, 2.05) is 26.0 Å². The molecular weight excluding hydrogens is 418 g/mol. The minimum Gasteiger partial charge on any atom is -0.478 e. The van der Waals surface area contributed by atoms with Crippen LogP contribution in [0, 0.1) is 6.92 Å². The number of benzene rings is 2. The zero-order valence-electron chi connectivity index (χ0n) is 19.8. The molecule has 0 saturated carbocycles. The van der Waals surface area contributed by atoms with Crippen molar-refractivity contribution in [1.29, 1.82) is 0 Å². The van der Waals surface area contributed by atoms with Gasteiger partial charge in [0.1, 0.15) is 0 Å². The molecule has 2 N–H and O–H groups in total. The monoisotopic (exact) mass is 453 g/mol. The Kier molecular flexibility index (Phi) is 8.86. The van der Waals surface area contributed by atoms with E-state index in [0.29, 0.717) is 17.3 Å². The van der Waals surface area contributed by atoms with Crippen molar-refractivity contribution >= 4 is 23.3 Å². The Hall–Kier alpha value is -2.90. The predicted molar refractivity (Wildman–Crippen MR) is 132 cm³/mol. The number of carboxylic acid groups (broad SMARTS) is 1. The predicted octanol–water partition coefficient (Wildman–Crippen LogP) is 4.27. The summed E-state index contributed by atoms with van der Waals surface area (Å²) in [5.41, 5.74) is 3.16. The number of piperidine rings is 1. The first-order valence-electron chi connectivity index (χ1n) is 11.7. The first kappa shape index (κ1) is 24.7. The van der Waals surface area contributed by atoms with Gasteiger partial charge in [-0.05, 0) is 70.5 Å². The van der Waals surface area contributed by atoms with Gasteiger partial charge in [0.25, 0.3) is 5.91 Å². The van der Waals surface area contributed by atoms with Crippen molar-refractivity contribution in [3.8, 4) is 0 Å². The van der Waals surface area contributed by atoms with Gasteiger partial charge in [0.15, 0.2) is 0 Å². The van der Waals surface area contributed by atoms with Crippen LogP contribution in [0.2, 0.25) is 0 Å². The van der Waals surface area contributed by atoms with Gasteiger partial charge in [-0.3, -0.25) is 4.79 Å². The van der Waals surface area contributed by atoms with Crippen LogP contribution >= 0.6 is 0 Å². The first-order chi connectivity index (χ1) is 15.9. The van der Waals surface area contributed by atoms with Crippen LogP contribution in [0.3, 0.4) is 0 Å². The fourth-order valence-electron chi connectivity index (χ4n) is 4.23. The Morgan fingerprint density at radius 1 is 1.12 bits per heavy atom. The van der Waals surface area contributed by atoms with Gasteiger partial charge >= 0.3 is 5.97 Å². The zero-order valence-corrected chi connectivity index (χ0v) is 19.8. The van der Waals surface area contributed by atoms with Gasteiger partial charge in [-0.1, -0.05) is 17.7 Å². The Morgan fingerprint density at radius 2 is 1.79 bits per heavy atom. The number of nitrogens with zero attached hydrogens (tertiary/aromatic N) is 2. The Morgan fingerprint density at radius 3 is 2.42 bits per heavy atom. The van der Waals surface area contributed by atoms with E-state index < -0.39 is 5.97 Å². The number of anilines is 2. The highest BCUT2D eigenvalue weighted by Crippen LogP contribution is 2.31. The van der Waals surface area contributed by atoms with Gasteiger partial charge in [-0.2, -0.15) is 0 Å². The average Bonchev–Trinajstić information content (AvgIpc) is 2.82. The number of amides is 1. The maximum atomic E-state index is 12.8. The molecule has 0 unspecified atom stereocenters. The third-order valence-electron chi connectivity index (χ3n) is 6.24. The molecule has 33 heavy (non-hydrogen) atoms. The molecule has 3 rings (SSSR count). The van der Waals surface area contributed by atoms with Crippen molar-refractivity contribution in [2.75, 3.05) is 50.1 Å². The number of aryl methyl sites for hydroxylation is 1. The van der Waals surface area contributed by atoms with E-state index in [2.05, 4.69) is 22.2 Å². The molecule has 1 fully saturated rings. The lowest BCUT2D eigenvalue weighted by Crippen LogP contribution is -2.44. The van der Waals surface area contributed by atoms with Crippen LogP contribution in [-0.2, 0) is 4.74 Å². The molecule has 178 valence electrons. The third-order valence-corrected chi connectivity index (χ3v) is 6.24. The lowest BCUT2D eigenvalue weighted by atomic mass is 10.0. The van der Waals surface area contributed by atoms with Crippen molar-refractivity contribution in [1.82, 2.24) is 4.90 Å². The first-order valence-corrected chi connectivity index (χ1v) is 11.7. The van der Waals surface area contributed by atoms with Gasteiger partial charge < -0.3 is 25.0 Å². The average molecular weight is 454 g/mol. The molecule has 2 aromatic rings. The molecule has 0 spiro atoms. The zero-order chi connectivity index (χ0) is 23.8. The largest absolute Gasteiger partial charge is 0.478 e. The molecule has 0 aliphatic carbocycles. The molecule has 2 aromatic carbocycles. The van der Waals surface area contributed by atoms with Crippen LogP contribution in [0.5, 0.6) is 0 Å². The quantitative estimate of drug-likeness (QED) is 0.523. The van der Waals surface area contributed by atoms with Crippen molar-refractivity contribution in [3.63, 3.8) is 0 Å². The van der Waals surface area contributed by atoms with E-state index >= 15 is 0 Å². The molecule has 1 heterocycles. The maximum absolute atomic E-state index is 12.8. The van der Waals surface area contributed by atoms with E-state index in [4.69, 9.17) is 4.74 Å². The highest BCUT2D eigenvalue weighted by molar-refractivity contribution is 6.06. The second kappa shape index (κ2) is 11.8. The van der Waals surface area contributed by atoms with Crippen LogP contribution in [0.25, 0.3) is 0 Å². The van der Waals surface area contributed by atoms with Crippen molar-refractivity contribution < 1.29 is 19.4 Å². The van der Waals surface area contributed by atoms with E-state index in [1.54, 1.807) is 30.3 Å². The molecule has 7 heteroatoms. The summed E-state index contributed by atoms with van der Waals surface area (Å²) in [5, 5.41) is 12.4. The number of hydrogen-bond acceptors (Lipinski definition) is 5. The van der Waals surface area contributed by atoms with Gasteiger partial charge in [-0.25, -0.2) is 4.79 Å². The van der Waals surface area contributed by atoms with Gasteiger partial charge in [0, 0.05) is 44.5 Å². The molecule has 0 radical (unpaired) electrons. The number of nitrogens with one attached hydrogen (secondary N) is 1. The number of hydrogen-bond donors (Lipinski definition) is 2. The number of carbonyl (C=O) groups is 2. The molecule has 1 saturated heterocycles. The fraction of sp³-hybridized carbons (Fsp3) is 0.462. The highest BCUT2D eigenvalue weighted by Gasteiger charge is 2.24. The van der Waals surface area contributed by atoms with Gasteiger partial charge in [0.2, 0.25) is 0 Å². The van der Waals surface area contributed by atoms with Crippen molar-refractivity contribution in [3.05, 3.63) is 59.2 Å². The molecule has 1 amide bonds. The molecular formula is C26H35N3O4. The number of aromatic carboxylic acids is 1. The number of carbonyl (C=O) groups excluding carboxylic acids is 1. The van der Waals surface area contributed by atoms with Crippen LogP contribution in [0.15, 0.2) is 42.5 Å². The van der Waals surface area contributed by atoms with Crippen LogP contribution in [0.1, 0.15) is 52.5 Å². The maximum Gasteiger partial charge on any atom is 0.335 e. The summed E-state index contributed by atoms with van der Waals surface area (Å²) in [7, 11) is 2.17. The summed E-state index contributed by atoms with van der Waals surface area (Å²) in [5.74, 6) is -1.26. The minimum absolute atomic E-state index is 0.155. The molecule has 7 nitrogen and oxygen atoms in total. The smallest absolute Gasteiger partial charge is 0.335 e. The standard InChI is InChI=1S/C26H35N3O4/c1-4-33-17-5-14-28(3)22-12-15-29(16-13-22)24-11-10-21(26(31)32)18-23(24)27-25(30)20-8-6-19(2)7-9-20/h6-11,18,22H,4-5,12-17H2,1-3H3,(H,27,30)(H,31,32). The minimum atomic E-state index is -1.01. The van der Waals surface area contributed by atoms with E-state index in [0.717, 1.165) is 63.4 Å². The van der Waals surface area contributed by atoms with Crippen LogP contribution < -0.4 is 10.2 Å². The fourth-order valence-corrected chi connectivity index (χ4v) is 4.23. The summed E-state index contributed by atoms with van der Waals surface area (Å²) in [6.45, 7) is 8.23. The molecule has 0 atom stereocenters. The molecule has 1 aliphatic heterocycles.